The molecule has 0 spiro atoms. The van der Waals surface area contributed by atoms with Crippen molar-refractivity contribution in [1.82, 2.24) is 9.78 Å². The highest BCUT2D eigenvalue weighted by molar-refractivity contribution is 5.62. The van der Waals surface area contributed by atoms with Crippen LogP contribution in [0.1, 0.15) is 0 Å². The summed E-state index contributed by atoms with van der Waals surface area (Å²) in [6.45, 7) is 0.297. The van der Waals surface area contributed by atoms with Crippen LogP contribution in [0, 0.1) is 0 Å². The molecule has 1 aromatic heterocycles. The molecule has 0 atom stereocenters. The maximum absolute atomic E-state index is 5.30. The number of aryl methyl sites for hydroxylation is 1. The number of anilines is 2. The zero-order chi connectivity index (χ0) is 11.0. The van der Waals surface area contributed by atoms with Gasteiger partial charge in [0, 0.05) is 25.0 Å². The summed E-state index contributed by atoms with van der Waals surface area (Å²) in [6.07, 6.45) is 3.68. The molecule has 1 aliphatic rings. The second kappa shape index (κ2) is 3.44. The minimum Gasteiger partial charge on any atom is -0.454 e. The van der Waals surface area contributed by atoms with Crippen molar-refractivity contribution in [3.05, 3.63) is 30.6 Å². The van der Waals surface area contributed by atoms with Gasteiger partial charge in [0.25, 0.3) is 0 Å². The molecule has 5 heteroatoms. The molecule has 3 rings (SSSR count). The van der Waals surface area contributed by atoms with Gasteiger partial charge in [0.1, 0.15) is 0 Å². The third-order valence-electron chi connectivity index (χ3n) is 2.37. The maximum Gasteiger partial charge on any atom is 0.231 e. The van der Waals surface area contributed by atoms with Gasteiger partial charge in [-0.25, -0.2) is 0 Å². The van der Waals surface area contributed by atoms with E-state index in [0.717, 1.165) is 22.9 Å². The van der Waals surface area contributed by atoms with E-state index in [1.54, 1.807) is 10.9 Å². The zero-order valence-electron chi connectivity index (χ0n) is 8.80. The number of rotatable bonds is 2. The second-order valence-corrected chi connectivity index (χ2v) is 3.60. The lowest BCUT2D eigenvalue weighted by molar-refractivity contribution is 0.174. The lowest BCUT2D eigenvalue weighted by atomic mass is 10.2. The van der Waals surface area contributed by atoms with Gasteiger partial charge in [-0.2, -0.15) is 5.10 Å². The van der Waals surface area contributed by atoms with Crippen molar-refractivity contribution in [2.24, 2.45) is 7.05 Å². The van der Waals surface area contributed by atoms with Gasteiger partial charge in [-0.3, -0.25) is 4.68 Å². The molecule has 2 heterocycles. The molecule has 0 unspecified atom stereocenters. The second-order valence-electron chi connectivity index (χ2n) is 3.60. The topological polar surface area (TPSA) is 48.3 Å². The number of hydrogen-bond donors (Lipinski definition) is 1. The molecular weight excluding hydrogens is 206 g/mol. The van der Waals surface area contributed by atoms with Crippen LogP contribution >= 0.6 is 0 Å². The van der Waals surface area contributed by atoms with E-state index >= 15 is 0 Å². The molecule has 1 aromatic carbocycles. The molecule has 16 heavy (non-hydrogen) atoms. The number of hydrogen-bond acceptors (Lipinski definition) is 4. The summed E-state index contributed by atoms with van der Waals surface area (Å²) in [4.78, 5) is 0. The summed E-state index contributed by atoms with van der Waals surface area (Å²) in [6, 6.07) is 5.75. The van der Waals surface area contributed by atoms with Gasteiger partial charge < -0.3 is 14.8 Å². The molecule has 0 bridgehead atoms. The Labute approximate surface area is 92.6 Å². The lowest BCUT2D eigenvalue weighted by Crippen LogP contribution is -1.93. The van der Waals surface area contributed by atoms with Crippen LogP contribution in [0.3, 0.4) is 0 Å². The highest BCUT2D eigenvalue weighted by Crippen LogP contribution is 2.34. The minimum absolute atomic E-state index is 0.297. The van der Waals surface area contributed by atoms with Gasteiger partial charge in [-0.15, -0.1) is 0 Å². The first-order chi connectivity index (χ1) is 7.81. The fourth-order valence-corrected chi connectivity index (χ4v) is 1.63. The van der Waals surface area contributed by atoms with Crippen LogP contribution < -0.4 is 14.8 Å². The third-order valence-corrected chi connectivity index (χ3v) is 2.37. The zero-order valence-corrected chi connectivity index (χ0v) is 8.80. The number of fused-ring (bicyclic) bond motifs is 1. The fraction of sp³-hybridized carbons (Fsp3) is 0.182. The standard InChI is InChI=1S/C11H11N3O2/c1-14-6-9(5-12-14)13-8-2-3-10-11(4-8)16-7-15-10/h2-6,13H,7H2,1H3. The predicted molar refractivity (Wildman–Crippen MR) is 59.1 cm³/mol. The first-order valence-corrected chi connectivity index (χ1v) is 4.96. The number of aromatic nitrogens is 2. The van der Waals surface area contributed by atoms with Gasteiger partial charge >= 0.3 is 0 Å². The Morgan fingerprint density at radius 2 is 2.12 bits per heavy atom. The van der Waals surface area contributed by atoms with E-state index in [2.05, 4.69) is 10.4 Å². The van der Waals surface area contributed by atoms with Crippen molar-refractivity contribution < 1.29 is 9.47 Å². The van der Waals surface area contributed by atoms with Crippen LogP contribution in [-0.2, 0) is 7.05 Å². The van der Waals surface area contributed by atoms with Crippen molar-refractivity contribution in [2.45, 2.75) is 0 Å². The van der Waals surface area contributed by atoms with Gasteiger partial charge in [-0.05, 0) is 12.1 Å². The van der Waals surface area contributed by atoms with E-state index in [1.807, 2.05) is 31.4 Å². The molecule has 0 saturated carbocycles. The summed E-state index contributed by atoms with van der Waals surface area (Å²) in [5.41, 5.74) is 1.90. The molecule has 0 fully saturated rings. The van der Waals surface area contributed by atoms with Crippen molar-refractivity contribution in [3.8, 4) is 11.5 Å². The summed E-state index contributed by atoms with van der Waals surface area (Å²) >= 11 is 0. The summed E-state index contributed by atoms with van der Waals surface area (Å²) in [5.74, 6) is 1.56. The van der Waals surface area contributed by atoms with E-state index in [9.17, 15) is 0 Å². The van der Waals surface area contributed by atoms with Crippen LogP contribution in [0.25, 0.3) is 0 Å². The molecule has 82 valence electrons. The SMILES string of the molecule is Cn1cc(Nc2ccc3c(c2)OCO3)cn1. The van der Waals surface area contributed by atoms with E-state index < -0.39 is 0 Å². The first kappa shape index (κ1) is 9.08. The molecule has 0 amide bonds. The van der Waals surface area contributed by atoms with Crippen LogP contribution in [-0.4, -0.2) is 16.6 Å². The maximum atomic E-state index is 5.30. The molecular formula is C11H11N3O2. The Kier molecular flexibility index (Phi) is 1.96. The third kappa shape index (κ3) is 1.56. The normalized spacial score (nSPS) is 12.8. The van der Waals surface area contributed by atoms with E-state index in [4.69, 9.17) is 9.47 Å². The highest BCUT2D eigenvalue weighted by Gasteiger charge is 2.13. The van der Waals surface area contributed by atoms with Crippen molar-refractivity contribution in [1.29, 1.82) is 0 Å². The number of nitrogens with zero attached hydrogens (tertiary/aromatic N) is 2. The summed E-state index contributed by atoms with van der Waals surface area (Å²) in [7, 11) is 1.88. The largest absolute Gasteiger partial charge is 0.454 e. The molecule has 1 N–H and O–H groups in total. The van der Waals surface area contributed by atoms with Gasteiger partial charge in [0.2, 0.25) is 6.79 Å². The molecule has 2 aromatic rings. The predicted octanol–water partition coefficient (Wildman–Crippen LogP) is 1.89. The Morgan fingerprint density at radius 1 is 1.25 bits per heavy atom. The number of nitrogens with one attached hydrogen (secondary N) is 1. The van der Waals surface area contributed by atoms with Gasteiger partial charge in [0.15, 0.2) is 11.5 Å². The van der Waals surface area contributed by atoms with Crippen LogP contribution in [0.4, 0.5) is 11.4 Å². The first-order valence-electron chi connectivity index (χ1n) is 4.96. The van der Waals surface area contributed by atoms with Gasteiger partial charge in [0.05, 0.1) is 11.9 Å². The number of benzene rings is 1. The van der Waals surface area contributed by atoms with Crippen molar-refractivity contribution >= 4 is 11.4 Å². The smallest absolute Gasteiger partial charge is 0.231 e. The quantitative estimate of drug-likeness (QED) is 0.834. The average molecular weight is 217 g/mol. The Bertz CT molecular complexity index is 522. The van der Waals surface area contributed by atoms with E-state index in [0.29, 0.717) is 6.79 Å². The molecule has 1 aliphatic heterocycles. The molecule has 0 saturated heterocycles. The van der Waals surface area contributed by atoms with Crippen molar-refractivity contribution in [3.63, 3.8) is 0 Å². The van der Waals surface area contributed by atoms with E-state index in [1.165, 1.54) is 0 Å². The van der Waals surface area contributed by atoms with Crippen LogP contribution in [0.5, 0.6) is 11.5 Å². The van der Waals surface area contributed by atoms with E-state index in [-0.39, 0.29) is 0 Å². The van der Waals surface area contributed by atoms with Crippen LogP contribution in [0.15, 0.2) is 30.6 Å². The van der Waals surface area contributed by atoms with Gasteiger partial charge in [-0.1, -0.05) is 0 Å². The highest BCUT2D eigenvalue weighted by atomic mass is 16.7. The lowest BCUT2D eigenvalue weighted by Gasteiger charge is -2.04. The Morgan fingerprint density at radius 3 is 2.94 bits per heavy atom. The monoisotopic (exact) mass is 217 g/mol. The Balaban J connectivity index is 1.85. The Hall–Kier alpha value is -2.17. The number of ether oxygens (including phenoxy) is 2. The average Bonchev–Trinajstić information content (AvgIpc) is 2.87. The molecule has 0 aliphatic carbocycles. The summed E-state index contributed by atoms with van der Waals surface area (Å²) < 4.78 is 12.3. The fourth-order valence-electron chi connectivity index (χ4n) is 1.63. The molecule has 5 nitrogen and oxygen atoms in total. The van der Waals surface area contributed by atoms with Crippen LogP contribution in [0.2, 0.25) is 0 Å². The molecule has 0 radical (unpaired) electrons. The van der Waals surface area contributed by atoms with Crippen molar-refractivity contribution in [2.75, 3.05) is 12.1 Å². The summed E-state index contributed by atoms with van der Waals surface area (Å²) in [5, 5.41) is 7.32. The minimum atomic E-state index is 0.297.